The average Bonchev–Trinajstić information content (AvgIpc) is 2.55. The van der Waals surface area contributed by atoms with Crippen molar-refractivity contribution in [1.29, 1.82) is 0 Å². The van der Waals surface area contributed by atoms with Crippen LogP contribution in [0.25, 0.3) is 0 Å². The number of nitrogens with one attached hydrogen (secondary N) is 1. The van der Waals surface area contributed by atoms with E-state index in [0.29, 0.717) is 26.1 Å². The first-order chi connectivity index (χ1) is 10.6. The first-order valence-electron chi connectivity index (χ1n) is 7.29. The van der Waals surface area contributed by atoms with Crippen molar-refractivity contribution in [3.05, 3.63) is 41.9 Å². The lowest BCUT2D eigenvalue weighted by atomic mass is 10.2. The van der Waals surface area contributed by atoms with Crippen LogP contribution in [-0.4, -0.2) is 49.4 Å². The molecule has 0 aliphatic carbocycles. The summed E-state index contributed by atoms with van der Waals surface area (Å²) < 4.78 is 0. The molecule has 2 amide bonds. The summed E-state index contributed by atoms with van der Waals surface area (Å²) in [5.41, 5.74) is 1.01. The second-order valence-corrected chi connectivity index (χ2v) is 5.47. The van der Waals surface area contributed by atoms with Gasteiger partial charge in [-0.2, -0.15) is 0 Å². The Kier molecular flexibility index (Phi) is 5.83. The number of hydrogen-bond donors (Lipinski definition) is 1. The first kappa shape index (κ1) is 16.4. The third kappa shape index (κ3) is 4.24. The molecule has 0 aromatic heterocycles. The smallest absolute Gasteiger partial charge is 0.243 e. The van der Waals surface area contributed by atoms with E-state index in [1.54, 1.807) is 0 Å². The fourth-order valence-corrected chi connectivity index (χ4v) is 2.68. The molecule has 0 saturated carbocycles. The summed E-state index contributed by atoms with van der Waals surface area (Å²) in [5, 5.41) is 3.34. The van der Waals surface area contributed by atoms with Crippen LogP contribution in [0.1, 0.15) is 6.42 Å². The number of carbonyl (C=O) groups is 2. The minimum absolute atomic E-state index is 0.0585. The summed E-state index contributed by atoms with van der Waals surface area (Å²) in [6.07, 6.45) is 1.51. The minimum Gasteiger partial charge on any atom is -0.367 e. The Hall–Kier alpha value is -2.01. The van der Waals surface area contributed by atoms with E-state index in [0.717, 1.165) is 23.8 Å². The number of piperazine rings is 1. The third-order valence-electron chi connectivity index (χ3n) is 3.65. The maximum Gasteiger partial charge on any atom is 0.243 e. The zero-order valence-electron chi connectivity index (χ0n) is 12.4. The molecule has 1 aliphatic heterocycles. The average molecular weight is 322 g/mol. The fourth-order valence-electron chi connectivity index (χ4n) is 2.43. The van der Waals surface area contributed by atoms with Crippen molar-refractivity contribution >= 4 is 29.1 Å². The Labute approximate surface area is 135 Å². The van der Waals surface area contributed by atoms with Gasteiger partial charge in [0.1, 0.15) is 0 Å². The molecule has 6 heteroatoms. The van der Waals surface area contributed by atoms with E-state index < -0.39 is 0 Å². The highest BCUT2D eigenvalue weighted by molar-refractivity contribution is 6.33. The standard InChI is InChI=1S/C16H20ClN3O2/c1-2-15(21)18-8-7-16(22)20-11-9-19(10-12-20)14-6-4-3-5-13(14)17/h2-6H,1,7-12H2,(H,18,21). The SMILES string of the molecule is C=CC(=O)NCCC(=O)N1CCN(c2ccccc2Cl)CC1. The summed E-state index contributed by atoms with van der Waals surface area (Å²) in [4.78, 5) is 27.1. The maximum absolute atomic E-state index is 12.1. The molecule has 22 heavy (non-hydrogen) atoms. The van der Waals surface area contributed by atoms with Crippen molar-refractivity contribution in [3.63, 3.8) is 0 Å². The highest BCUT2D eigenvalue weighted by atomic mass is 35.5. The number of carbonyl (C=O) groups excluding carboxylic acids is 2. The second kappa shape index (κ2) is 7.84. The van der Waals surface area contributed by atoms with Gasteiger partial charge in [-0.25, -0.2) is 0 Å². The molecule has 1 aromatic carbocycles. The monoisotopic (exact) mass is 321 g/mol. The zero-order valence-corrected chi connectivity index (χ0v) is 13.2. The van der Waals surface area contributed by atoms with Crippen molar-refractivity contribution in [3.8, 4) is 0 Å². The quantitative estimate of drug-likeness (QED) is 0.840. The molecular formula is C16H20ClN3O2. The number of rotatable bonds is 5. The van der Waals surface area contributed by atoms with E-state index in [1.165, 1.54) is 6.08 Å². The molecule has 118 valence electrons. The summed E-state index contributed by atoms with van der Waals surface area (Å²) in [7, 11) is 0. The van der Waals surface area contributed by atoms with Gasteiger partial charge < -0.3 is 15.1 Å². The minimum atomic E-state index is -0.253. The Bertz CT molecular complexity index is 554. The Morgan fingerprint density at radius 2 is 1.91 bits per heavy atom. The van der Waals surface area contributed by atoms with Crippen molar-refractivity contribution in [1.82, 2.24) is 10.2 Å². The second-order valence-electron chi connectivity index (χ2n) is 5.06. The molecule has 0 radical (unpaired) electrons. The number of anilines is 1. The van der Waals surface area contributed by atoms with Crippen LogP contribution in [0.5, 0.6) is 0 Å². The lowest BCUT2D eigenvalue weighted by Crippen LogP contribution is -2.49. The molecule has 0 atom stereocenters. The number of amides is 2. The number of para-hydroxylation sites is 1. The van der Waals surface area contributed by atoms with Gasteiger partial charge in [0.25, 0.3) is 0 Å². The van der Waals surface area contributed by atoms with E-state index in [1.807, 2.05) is 29.2 Å². The van der Waals surface area contributed by atoms with Gasteiger partial charge in [-0.3, -0.25) is 9.59 Å². The molecule has 0 spiro atoms. The summed E-state index contributed by atoms with van der Waals surface area (Å²) in [6, 6.07) is 7.73. The molecule has 1 N–H and O–H groups in total. The van der Waals surface area contributed by atoms with E-state index in [9.17, 15) is 9.59 Å². The lowest BCUT2D eigenvalue weighted by Gasteiger charge is -2.36. The van der Waals surface area contributed by atoms with Gasteiger partial charge in [0.2, 0.25) is 11.8 Å². The third-order valence-corrected chi connectivity index (χ3v) is 3.97. The Balaban J connectivity index is 1.79. The molecule has 0 unspecified atom stereocenters. The molecule has 1 heterocycles. The first-order valence-corrected chi connectivity index (χ1v) is 7.67. The largest absolute Gasteiger partial charge is 0.367 e. The number of benzene rings is 1. The summed E-state index contributed by atoms with van der Waals surface area (Å²) in [6.45, 7) is 6.56. The van der Waals surface area contributed by atoms with E-state index >= 15 is 0 Å². The van der Waals surface area contributed by atoms with Crippen molar-refractivity contribution in [2.45, 2.75) is 6.42 Å². The van der Waals surface area contributed by atoms with Crippen LogP contribution in [-0.2, 0) is 9.59 Å². The van der Waals surface area contributed by atoms with Crippen LogP contribution in [0.15, 0.2) is 36.9 Å². The predicted octanol–water partition coefficient (Wildman–Crippen LogP) is 1.68. The van der Waals surface area contributed by atoms with Crippen molar-refractivity contribution < 1.29 is 9.59 Å². The van der Waals surface area contributed by atoms with Crippen LogP contribution in [0.2, 0.25) is 5.02 Å². The topological polar surface area (TPSA) is 52.7 Å². The molecule has 2 rings (SSSR count). The zero-order chi connectivity index (χ0) is 15.9. The van der Waals surface area contributed by atoms with Crippen LogP contribution >= 0.6 is 11.6 Å². The Morgan fingerprint density at radius 1 is 1.23 bits per heavy atom. The summed E-state index contributed by atoms with van der Waals surface area (Å²) in [5.74, 6) is -0.195. The van der Waals surface area contributed by atoms with Gasteiger partial charge in [-0.1, -0.05) is 30.3 Å². The normalized spacial score (nSPS) is 14.6. The fraction of sp³-hybridized carbons (Fsp3) is 0.375. The van der Waals surface area contributed by atoms with Crippen molar-refractivity contribution in [2.75, 3.05) is 37.6 Å². The van der Waals surface area contributed by atoms with E-state index in [2.05, 4.69) is 16.8 Å². The highest BCUT2D eigenvalue weighted by Crippen LogP contribution is 2.26. The van der Waals surface area contributed by atoms with Crippen LogP contribution in [0.4, 0.5) is 5.69 Å². The van der Waals surface area contributed by atoms with E-state index in [-0.39, 0.29) is 11.8 Å². The molecule has 5 nitrogen and oxygen atoms in total. The molecule has 0 bridgehead atoms. The van der Waals surface area contributed by atoms with Crippen LogP contribution in [0, 0.1) is 0 Å². The number of halogens is 1. The molecule has 1 saturated heterocycles. The Morgan fingerprint density at radius 3 is 2.55 bits per heavy atom. The van der Waals surface area contributed by atoms with Gasteiger partial charge in [0.05, 0.1) is 10.7 Å². The van der Waals surface area contributed by atoms with E-state index in [4.69, 9.17) is 11.6 Å². The van der Waals surface area contributed by atoms with Gasteiger partial charge in [0, 0.05) is 39.1 Å². The number of hydrogen-bond acceptors (Lipinski definition) is 3. The number of nitrogens with zero attached hydrogens (tertiary/aromatic N) is 2. The maximum atomic E-state index is 12.1. The van der Waals surface area contributed by atoms with Gasteiger partial charge >= 0.3 is 0 Å². The highest BCUT2D eigenvalue weighted by Gasteiger charge is 2.21. The van der Waals surface area contributed by atoms with Crippen LogP contribution in [0.3, 0.4) is 0 Å². The molecule has 1 aliphatic rings. The van der Waals surface area contributed by atoms with Crippen molar-refractivity contribution in [2.24, 2.45) is 0 Å². The molecule has 1 aromatic rings. The summed E-state index contributed by atoms with van der Waals surface area (Å²) >= 11 is 6.20. The van der Waals surface area contributed by atoms with Gasteiger partial charge in [-0.05, 0) is 18.2 Å². The van der Waals surface area contributed by atoms with Gasteiger partial charge in [-0.15, -0.1) is 0 Å². The molecular weight excluding hydrogens is 302 g/mol. The molecule has 1 fully saturated rings. The lowest BCUT2D eigenvalue weighted by molar-refractivity contribution is -0.131. The van der Waals surface area contributed by atoms with Crippen LogP contribution < -0.4 is 10.2 Å². The predicted molar refractivity (Wildman–Crippen MR) is 88.1 cm³/mol. The van der Waals surface area contributed by atoms with Gasteiger partial charge in [0.15, 0.2) is 0 Å².